The molecule has 0 atom stereocenters. The predicted octanol–water partition coefficient (Wildman–Crippen LogP) is 4.33. The van der Waals surface area contributed by atoms with Crippen LogP contribution in [0.15, 0.2) is 52.0 Å². The molecule has 0 spiro atoms. The molecule has 0 aliphatic carbocycles. The molecule has 1 aliphatic heterocycles. The number of hydrogen-bond donors (Lipinski definition) is 0. The third kappa shape index (κ3) is 3.20. The van der Waals surface area contributed by atoms with Gasteiger partial charge in [0.25, 0.3) is 5.91 Å². The van der Waals surface area contributed by atoms with Crippen LogP contribution in [0.5, 0.6) is 0 Å². The molecule has 1 fully saturated rings. The van der Waals surface area contributed by atoms with Crippen molar-refractivity contribution in [3.8, 4) is 0 Å². The second kappa shape index (κ2) is 6.05. The lowest BCUT2D eigenvalue weighted by Gasteiger charge is -2.11. The first-order chi connectivity index (χ1) is 10.1. The lowest BCUT2D eigenvalue weighted by molar-refractivity contribution is -0.122. The molecule has 21 heavy (non-hydrogen) atoms. The Balaban J connectivity index is 1.83. The van der Waals surface area contributed by atoms with Crippen molar-refractivity contribution >= 4 is 51.9 Å². The summed E-state index contributed by atoms with van der Waals surface area (Å²) in [5.41, 5.74) is 0.876. The summed E-state index contributed by atoms with van der Waals surface area (Å²) < 4.78 is 5.79. The summed E-state index contributed by atoms with van der Waals surface area (Å²) in [5, 5.41) is 0.634. The maximum atomic E-state index is 12.4. The molecule has 106 valence electrons. The molecule has 6 heteroatoms. The molecule has 1 saturated heterocycles. The molecular weight excluding hydrogens is 326 g/mol. The van der Waals surface area contributed by atoms with Gasteiger partial charge in [-0.3, -0.25) is 9.69 Å². The van der Waals surface area contributed by atoms with E-state index >= 15 is 0 Å². The van der Waals surface area contributed by atoms with E-state index in [0.717, 1.165) is 5.56 Å². The third-order valence-electron chi connectivity index (χ3n) is 2.91. The fourth-order valence-corrected chi connectivity index (χ4v) is 3.40. The van der Waals surface area contributed by atoms with Gasteiger partial charge in [-0.25, -0.2) is 0 Å². The van der Waals surface area contributed by atoms with E-state index in [1.165, 1.54) is 16.7 Å². The fourth-order valence-electron chi connectivity index (χ4n) is 1.94. The van der Waals surface area contributed by atoms with E-state index in [1.807, 2.05) is 18.2 Å². The summed E-state index contributed by atoms with van der Waals surface area (Å²) >= 11 is 12.5. The average Bonchev–Trinajstić information content (AvgIpc) is 3.04. The van der Waals surface area contributed by atoms with Gasteiger partial charge < -0.3 is 4.42 Å². The number of carbonyl (C=O) groups is 1. The molecule has 1 aromatic heterocycles. The second-order valence-electron chi connectivity index (χ2n) is 4.40. The number of carbonyl (C=O) groups excluding carboxylic acids is 1. The van der Waals surface area contributed by atoms with Gasteiger partial charge in [-0.05, 0) is 35.9 Å². The van der Waals surface area contributed by atoms with Crippen molar-refractivity contribution < 1.29 is 9.21 Å². The number of furan rings is 1. The van der Waals surface area contributed by atoms with Crippen molar-refractivity contribution in [1.82, 2.24) is 4.90 Å². The van der Waals surface area contributed by atoms with E-state index in [4.69, 9.17) is 28.2 Å². The minimum atomic E-state index is -0.110. The molecular formula is C15H10ClNO2S2. The van der Waals surface area contributed by atoms with Crippen LogP contribution in [0.1, 0.15) is 11.3 Å². The SMILES string of the molecule is O=C1/C(=C/c2cccc(Cl)c2)SC(=S)N1Cc1ccco1. The summed E-state index contributed by atoms with van der Waals surface area (Å²) in [5.74, 6) is 0.594. The zero-order chi connectivity index (χ0) is 14.8. The van der Waals surface area contributed by atoms with E-state index in [0.29, 0.717) is 26.6 Å². The van der Waals surface area contributed by atoms with Crippen LogP contribution in [0.4, 0.5) is 0 Å². The van der Waals surface area contributed by atoms with Gasteiger partial charge in [0, 0.05) is 5.02 Å². The molecule has 3 rings (SSSR count). The summed E-state index contributed by atoms with van der Waals surface area (Å²) in [7, 11) is 0. The van der Waals surface area contributed by atoms with Crippen LogP contribution < -0.4 is 0 Å². The maximum absolute atomic E-state index is 12.4. The standard InChI is InChI=1S/C15H10ClNO2S2/c16-11-4-1-3-10(7-11)8-13-14(18)17(15(20)21-13)9-12-5-2-6-19-12/h1-8H,9H2/b13-8-. The quantitative estimate of drug-likeness (QED) is 0.617. The van der Waals surface area contributed by atoms with Crippen LogP contribution in [0.25, 0.3) is 6.08 Å². The van der Waals surface area contributed by atoms with Gasteiger partial charge in [0.15, 0.2) is 0 Å². The van der Waals surface area contributed by atoms with Gasteiger partial charge >= 0.3 is 0 Å². The van der Waals surface area contributed by atoms with Crippen molar-refractivity contribution in [3.05, 3.63) is 63.9 Å². The molecule has 1 amide bonds. The Morgan fingerprint density at radius 3 is 2.90 bits per heavy atom. The van der Waals surface area contributed by atoms with Crippen LogP contribution in [0.2, 0.25) is 5.02 Å². The Kier molecular flexibility index (Phi) is 4.14. The number of halogens is 1. The van der Waals surface area contributed by atoms with Crippen molar-refractivity contribution in [2.75, 3.05) is 0 Å². The smallest absolute Gasteiger partial charge is 0.266 e. The summed E-state index contributed by atoms with van der Waals surface area (Å²) in [4.78, 5) is 14.5. The molecule has 0 saturated carbocycles. The second-order valence-corrected chi connectivity index (χ2v) is 6.51. The minimum absolute atomic E-state index is 0.110. The zero-order valence-electron chi connectivity index (χ0n) is 10.8. The lowest BCUT2D eigenvalue weighted by Crippen LogP contribution is -2.27. The first kappa shape index (κ1) is 14.4. The van der Waals surface area contributed by atoms with Gasteiger partial charge in [0.2, 0.25) is 0 Å². The van der Waals surface area contributed by atoms with Crippen molar-refractivity contribution in [2.24, 2.45) is 0 Å². The Labute approximate surface area is 136 Å². The number of rotatable bonds is 3. The first-order valence-corrected chi connectivity index (χ1v) is 7.77. The highest BCUT2D eigenvalue weighted by Gasteiger charge is 2.32. The largest absolute Gasteiger partial charge is 0.467 e. The van der Waals surface area contributed by atoms with Crippen LogP contribution in [0, 0.1) is 0 Å². The highest BCUT2D eigenvalue weighted by atomic mass is 35.5. The van der Waals surface area contributed by atoms with Gasteiger partial charge in [-0.15, -0.1) is 0 Å². The Hall–Kier alpha value is -1.56. The first-order valence-electron chi connectivity index (χ1n) is 6.17. The number of hydrogen-bond acceptors (Lipinski definition) is 4. The summed E-state index contributed by atoms with van der Waals surface area (Å²) in [6.07, 6.45) is 3.38. The third-order valence-corrected chi connectivity index (χ3v) is 4.53. The molecule has 0 bridgehead atoms. The van der Waals surface area contributed by atoms with E-state index in [-0.39, 0.29) is 5.91 Å². The van der Waals surface area contributed by atoms with Crippen LogP contribution in [0.3, 0.4) is 0 Å². The lowest BCUT2D eigenvalue weighted by atomic mass is 10.2. The highest BCUT2D eigenvalue weighted by Crippen LogP contribution is 2.33. The highest BCUT2D eigenvalue weighted by molar-refractivity contribution is 8.26. The number of thioether (sulfide) groups is 1. The molecule has 0 unspecified atom stereocenters. The normalized spacial score (nSPS) is 17.0. The fraction of sp³-hybridized carbons (Fsp3) is 0.0667. The topological polar surface area (TPSA) is 33.5 Å². The average molecular weight is 336 g/mol. The van der Waals surface area contributed by atoms with Crippen LogP contribution in [-0.2, 0) is 11.3 Å². The number of amides is 1. The van der Waals surface area contributed by atoms with E-state index in [9.17, 15) is 4.79 Å². The monoisotopic (exact) mass is 335 g/mol. The van der Waals surface area contributed by atoms with E-state index in [1.54, 1.807) is 30.5 Å². The Morgan fingerprint density at radius 2 is 2.19 bits per heavy atom. The summed E-state index contributed by atoms with van der Waals surface area (Å²) in [6.45, 7) is 0.352. The van der Waals surface area contributed by atoms with Gasteiger partial charge in [-0.1, -0.05) is 47.7 Å². The predicted molar refractivity (Wildman–Crippen MR) is 88.9 cm³/mol. The maximum Gasteiger partial charge on any atom is 0.266 e. The van der Waals surface area contributed by atoms with E-state index in [2.05, 4.69) is 0 Å². The molecule has 1 aromatic carbocycles. The van der Waals surface area contributed by atoms with Crippen molar-refractivity contribution in [3.63, 3.8) is 0 Å². The molecule has 0 N–H and O–H groups in total. The van der Waals surface area contributed by atoms with Gasteiger partial charge in [0.05, 0.1) is 17.7 Å². The Bertz CT molecular complexity index is 725. The van der Waals surface area contributed by atoms with Crippen molar-refractivity contribution in [1.29, 1.82) is 0 Å². The molecule has 2 heterocycles. The molecule has 1 aliphatic rings. The van der Waals surface area contributed by atoms with Gasteiger partial charge in [0.1, 0.15) is 10.1 Å². The zero-order valence-corrected chi connectivity index (χ0v) is 13.2. The number of thiocarbonyl (C=S) groups is 1. The Morgan fingerprint density at radius 1 is 1.33 bits per heavy atom. The van der Waals surface area contributed by atoms with Crippen molar-refractivity contribution in [2.45, 2.75) is 6.54 Å². The molecule has 0 radical (unpaired) electrons. The van der Waals surface area contributed by atoms with E-state index < -0.39 is 0 Å². The van der Waals surface area contributed by atoms with Gasteiger partial charge in [-0.2, -0.15) is 0 Å². The minimum Gasteiger partial charge on any atom is -0.467 e. The summed E-state index contributed by atoms with van der Waals surface area (Å²) in [6, 6.07) is 10.9. The molecule has 3 nitrogen and oxygen atoms in total. The van der Waals surface area contributed by atoms with Crippen LogP contribution in [-0.4, -0.2) is 15.1 Å². The number of benzene rings is 1. The number of nitrogens with zero attached hydrogens (tertiary/aromatic N) is 1. The molecule has 2 aromatic rings. The van der Waals surface area contributed by atoms with Crippen LogP contribution >= 0.6 is 35.6 Å².